The minimum absolute atomic E-state index is 0.0276. The number of fused-ring (bicyclic) bond motifs is 4. The molecule has 10 aliphatic rings. The highest BCUT2D eigenvalue weighted by Gasteiger charge is 2.48. The van der Waals surface area contributed by atoms with Crippen LogP contribution in [0.25, 0.3) is 22.6 Å². The van der Waals surface area contributed by atoms with Crippen molar-refractivity contribution in [2.75, 3.05) is 91.7 Å². The summed E-state index contributed by atoms with van der Waals surface area (Å²) in [5.74, 6) is -20.7. The number of anilines is 2. The molecular formula is C90H117N15O28. The van der Waals surface area contributed by atoms with Gasteiger partial charge in [0.05, 0.1) is 41.7 Å². The Morgan fingerprint density at radius 1 is 0.496 bits per heavy atom. The summed E-state index contributed by atoms with van der Waals surface area (Å²) in [6.07, 6.45) is 1.75. The molecule has 0 radical (unpaired) electrons. The number of hydrogen-bond acceptors (Lipinski definition) is 29. The van der Waals surface area contributed by atoms with Crippen molar-refractivity contribution in [2.45, 2.75) is 221 Å². The van der Waals surface area contributed by atoms with E-state index >= 15 is 24.0 Å². The lowest BCUT2D eigenvalue weighted by Crippen LogP contribution is -2.61. The van der Waals surface area contributed by atoms with Gasteiger partial charge in [-0.2, -0.15) is 0 Å². The Bertz CT molecular complexity index is 5220. The van der Waals surface area contributed by atoms with Gasteiger partial charge in [-0.1, -0.05) is 55.4 Å². The Morgan fingerprint density at radius 3 is 1.29 bits per heavy atom. The van der Waals surface area contributed by atoms with Crippen LogP contribution in [0.5, 0.6) is 0 Å². The number of rotatable bonds is 20. The van der Waals surface area contributed by atoms with Gasteiger partial charge in [-0.3, -0.25) is 102 Å². The number of benzene rings is 2. The van der Waals surface area contributed by atoms with Crippen molar-refractivity contribution in [3.63, 3.8) is 0 Å². The molecule has 2 saturated carbocycles. The van der Waals surface area contributed by atoms with E-state index in [9.17, 15) is 76.7 Å². The van der Waals surface area contributed by atoms with Crippen LogP contribution in [-0.4, -0.2) is 305 Å². The number of carbonyl (C=O) groups is 20. The molecule has 43 nitrogen and oxygen atoms in total. The van der Waals surface area contributed by atoms with Gasteiger partial charge in [0.25, 0.3) is 35.4 Å². The van der Waals surface area contributed by atoms with Crippen molar-refractivity contribution >= 4 is 141 Å². The number of esters is 4. The minimum atomic E-state index is -2.19. The summed E-state index contributed by atoms with van der Waals surface area (Å²) >= 11 is 0. The molecule has 10 unspecified atom stereocenters. The van der Waals surface area contributed by atoms with Crippen LogP contribution in [0, 0.1) is 61.2 Å². The Labute approximate surface area is 766 Å². The molecule has 720 valence electrons. The summed E-state index contributed by atoms with van der Waals surface area (Å²) in [5, 5.41) is 15.2. The third-order valence-electron chi connectivity index (χ3n) is 26.0. The Hall–Kier alpha value is -13.3. The predicted molar refractivity (Wildman–Crippen MR) is 466 cm³/mol. The van der Waals surface area contributed by atoms with Crippen molar-refractivity contribution in [3.8, 4) is 11.5 Å². The van der Waals surface area contributed by atoms with Crippen LogP contribution >= 0.6 is 0 Å². The van der Waals surface area contributed by atoms with E-state index in [4.69, 9.17) is 37.8 Å². The summed E-state index contributed by atoms with van der Waals surface area (Å²) in [4.78, 5) is 315. The highest BCUT2D eigenvalue weighted by atomic mass is 16.7. The van der Waals surface area contributed by atoms with Gasteiger partial charge in [0.15, 0.2) is 11.3 Å². The molecule has 0 spiro atoms. The monoisotopic (exact) mass is 1860 g/mol. The number of aryl methyl sites for hydroxylation is 1. The first-order valence-corrected chi connectivity index (χ1v) is 44.8. The van der Waals surface area contributed by atoms with Crippen molar-refractivity contribution in [1.82, 2.24) is 65.5 Å². The SMILES string of the molecule is Cc1c2oc3c(C)c(NC(=O)OCOC(=O)C4CCC(CN5C(=O)C=CC5=O)CC4)cc(C(=O)NC4C(=O)NC(C(C)C)C(=O)N5CCCC5C(=O)N(C)CC(=O)N(C)C(C(C)C)C(=O)OC4C)c3nc-2c(C(=O)NC2C(=O)NC(C(C)C)C(=O)N3CCCC3C(=O)N(C)CC(=O)N(C)C(C(C)C)C(=O)OC2C)c(NC(=O)OCOC(=O)C2CCC(CN3C(=O)C=CC3=O)CC2)c1=O. The molecule has 43 heteroatoms. The molecule has 0 aromatic heterocycles. The van der Waals surface area contributed by atoms with E-state index in [1.807, 2.05) is 0 Å². The average molecular weight is 1860 g/mol. The number of ether oxygens (including phenoxy) is 6. The van der Waals surface area contributed by atoms with E-state index in [2.05, 4.69) is 31.9 Å². The van der Waals surface area contributed by atoms with Crippen LogP contribution in [0.15, 0.2) is 39.6 Å². The first-order valence-electron chi connectivity index (χ1n) is 44.8. The lowest BCUT2D eigenvalue weighted by Gasteiger charge is -2.36. The quantitative estimate of drug-likeness (QED) is 0.0311. The Morgan fingerprint density at radius 2 is 0.895 bits per heavy atom. The number of amides is 16. The topological polar surface area (TPSA) is 538 Å². The number of aromatic nitrogens is 1. The molecule has 4 saturated heterocycles. The van der Waals surface area contributed by atoms with Gasteiger partial charge in [-0.25, -0.2) is 24.2 Å². The van der Waals surface area contributed by atoms with E-state index in [0.29, 0.717) is 38.5 Å². The molecule has 10 atom stereocenters. The fourth-order valence-electron chi connectivity index (χ4n) is 18.3. The maximum Gasteiger partial charge on any atom is 0.414 e. The van der Waals surface area contributed by atoms with Gasteiger partial charge in [0.2, 0.25) is 66.3 Å². The normalized spacial score (nSPS) is 26.0. The highest BCUT2D eigenvalue weighted by Crippen LogP contribution is 2.40. The second-order valence-electron chi connectivity index (χ2n) is 36.6. The first kappa shape index (κ1) is 100. The van der Waals surface area contributed by atoms with Crippen LogP contribution in [0.2, 0.25) is 0 Å². The van der Waals surface area contributed by atoms with Crippen LogP contribution in [0.1, 0.15) is 178 Å². The zero-order chi connectivity index (χ0) is 97.5. The number of likely N-dealkylation sites (N-methyl/N-ethyl adjacent to an activating group) is 4. The molecule has 7 aliphatic heterocycles. The standard InChI is InChI=1S/C90H117N15O28/c1-42(2)65-83(119)102-33-17-19-56(102)81(117)98(13)38-62(110)100(15)72(44(5)6)87(123)131-48(11)67(79(115)93-65)95-77(113)54-35-55(91-89(125)129-40-127-85(121)52-25-21-50(22-26-52)36-104-58(106)29-30-59(104)107)46(9)75-69(54)92-71-64(70(74(112)47(10)76(71)133-75)97-90(126)130-41-128-86(122)53-27-23-51(24-28-53)37-105-60(108)31-32-61(105)109)78(114)96-68-49(12)132-88(124)73(45(7)8)101(16)63(111)39-99(14)82(118)57-20-18-34-103(57)84(120)66(43(3)4)94-80(68)116/h29-32,35,42-45,48-53,56-57,65-68,72-73H,17-28,33-34,36-41H2,1-16H3,(H,91,125)(H,93,115)(H,94,116)(H,95,113)(H,96,114)(H,97,126). The van der Waals surface area contributed by atoms with Crippen LogP contribution < -0.4 is 37.3 Å². The molecule has 7 heterocycles. The maximum atomic E-state index is 16.3. The molecule has 3 aliphatic carbocycles. The Balaban J connectivity index is 1.03. The third-order valence-corrected chi connectivity index (χ3v) is 26.0. The molecule has 133 heavy (non-hydrogen) atoms. The van der Waals surface area contributed by atoms with E-state index in [1.54, 1.807) is 55.4 Å². The first-order chi connectivity index (χ1) is 62.8. The van der Waals surface area contributed by atoms with Crippen LogP contribution in [0.3, 0.4) is 0 Å². The van der Waals surface area contributed by atoms with Crippen molar-refractivity contribution in [1.29, 1.82) is 0 Å². The van der Waals surface area contributed by atoms with Crippen molar-refractivity contribution in [2.24, 2.45) is 47.3 Å². The maximum absolute atomic E-state index is 16.3. The van der Waals surface area contributed by atoms with Crippen LogP contribution in [-0.2, 0) is 105 Å². The van der Waals surface area contributed by atoms with Gasteiger partial charge in [-0.05, 0) is 146 Å². The number of hydrogen-bond donors (Lipinski definition) is 6. The van der Waals surface area contributed by atoms with Gasteiger partial charge in [0.1, 0.15) is 77.4 Å². The fraction of sp³-hybridized carbons (Fsp3) is 0.600. The molecular weight excluding hydrogens is 1740 g/mol. The molecule has 0 bridgehead atoms. The van der Waals surface area contributed by atoms with E-state index in [1.165, 1.54) is 70.9 Å². The second kappa shape index (κ2) is 42.5. The summed E-state index contributed by atoms with van der Waals surface area (Å²) in [6.45, 7) is 14.6. The van der Waals surface area contributed by atoms with Crippen LogP contribution in [0.4, 0.5) is 21.0 Å². The molecule has 16 amide bonds. The number of imide groups is 2. The average Bonchev–Trinajstić information content (AvgIpc) is 1.73. The van der Waals surface area contributed by atoms with Crippen molar-refractivity contribution in [3.05, 3.63) is 62.8 Å². The lowest BCUT2D eigenvalue weighted by molar-refractivity contribution is -0.163. The van der Waals surface area contributed by atoms with Gasteiger partial charge >= 0.3 is 36.1 Å². The van der Waals surface area contributed by atoms with E-state index in [-0.39, 0.29) is 87.8 Å². The molecule has 6 N–H and O–H groups in total. The number of nitrogens with one attached hydrogen (secondary N) is 6. The number of cyclic esters (lactones) is 2. The van der Waals surface area contributed by atoms with Gasteiger partial charge in [0, 0.05) is 89.8 Å². The zero-order valence-corrected chi connectivity index (χ0v) is 77.4. The molecule has 1 aromatic carbocycles. The summed E-state index contributed by atoms with van der Waals surface area (Å²) in [5.41, 5.74) is -7.08. The molecule has 11 rings (SSSR count). The largest absolute Gasteiger partial charge is 0.458 e. The lowest BCUT2D eigenvalue weighted by atomic mass is 9.82. The number of carbonyl (C=O) groups excluding carboxylic acids is 20. The van der Waals surface area contributed by atoms with Gasteiger partial charge in [-0.15, -0.1) is 0 Å². The summed E-state index contributed by atoms with van der Waals surface area (Å²) in [6, 6.07) is -11.4. The highest BCUT2D eigenvalue weighted by molar-refractivity contribution is 6.15. The predicted octanol–water partition coefficient (Wildman–Crippen LogP) is 2.70. The van der Waals surface area contributed by atoms with Gasteiger partial charge < -0.3 is 83.5 Å². The smallest absolute Gasteiger partial charge is 0.414 e. The zero-order valence-electron chi connectivity index (χ0n) is 77.4. The number of nitrogens with zero attached hydrogens (tertiary/aromatic N) is 9. The molecule has 6 fully saturated rings. The van der Waals surface area contributed by atoms with E-state index < -0.39 is 292 Å². The van der Waals surface area contributed by atoms with E-state index in [0.717, 1.165) is 54.5 Å². The second-order valence-corrected chi connectivity index (χ2v) is 36.6. The Kier molecular flexibility index (Phi) is 32.1. The molecule has 1 aromatic rings. The van der Waals surface area contributed by atoms with Crippen molar-refractivity contribution < 1.29 is 129 Å². The minimum Gasteiger partial charge on any atom is -0.458 e. The summed E-state index contributed by atoms with van der Waals surface area (Å²) in [7, 11) is 5.32. The summed E-state index contributed by atoms with van der Waals surface area (Å²) < 4.78 is 40.4. The fourth-order valence-corrected chi connectivity index (χ4v) is 18.3. The third kappa shape index (κ3) is 22.4.